The third kappa shape index (κ3) is 3.62. The summed E-state index contributed by atoms with van der Waals surface area (Å²) in [5, 5.41) is 12.2. The summed E-state index contributed by atoms with van der Waals surface area (Å²) in [7, 11) is -2.03. The van der Waals surface area contributed by atoms with Crippen molar-refractivity contribution >= 4 is 21.4 Å². The zero-order valence-electron chi connectivity index (χ0n) is 14.7. The Kier molecular flexibility index (Phi) is 4.98. The third-order valence-corrected chi connectivity index (χ3v) is 7.20. The molecule has 1 aromatic carbocycles. The summed E-state index contributed by atoms with van der Waals surface area (Å²) in [6, 6.07) is 8.36. The minimum absolute atomic E-state index is 0.105. The fourth-order valence-electron chi connectivity index (χ4n) is 3.16. The van der Waals surface area contributed by atoms with Gasteiger partial charge in [-0.2, -0.15) is 15.6 Å². The lowest BCUT2D eigenvalue weighted by atomic mass is 10.00. The zero-order valence-corrected chi connectivity index (χ0v) is 16.4. The van der Waals surface area contributed by atoms with E-state index in [4.69, 9.17) is 9.15 Å². The van der Waals surface area contributed by atoms with Gasteiger partial charge in [-0.25, -0.2) is 8.42 Å². The van der Waals surface area contributed by atoms with Crippen molar-refractivity contribution in [1.29, 1.82) is 0 Å². The summed E-state index contributed by atoms with van der Waals surface area (Å²) < 4.78 is 38.4. The Morgan fingerprint density at radius 2 is 2.04 bits per heavy atom. The molecule has 1 fully saturated rings. The van der Waals surface area contributed by atoms with E-state index < -0.39 is 10.0 Å². The smallest absolute Gasteiger partial charge is 0.248 e. The third-order valence-electron chi connectivity index (χ3n) is 4.64. The number of thiophene rings is 1. The molecule has 1 unspecified atom stereocenters. The number of benzene rings is 1. The first-order valence-corrected chi connectivity index (χ1v) is 11.0. The van der Waals surface area contributed by atoms with E-state index in [1.807, 2.05) is 16.8 Å². The Balaban J connectivity index is 1.53. The first-order valence-electron chi connectivity index (χ1n) is 8.58. The zero-order chi connectivity index (χ0) is 18.9. The van der Waals surface area contributed by atoms with Crippen molar-refractivity contribution in [3.05, 3.63) is 47.0 Å². The Morgan fingerprint density at radius 1 is 1.22 bits per heavy atom. The van der Waals surface area contributed by atoms with Crippen molar-refractivity contribution in [3.8, 4) is 17.2 Å². The average Bonchev–Trinajstić information content (AvgIpc) is 3.40. The molecule has 3 aromatic rings. The van der Waals surface area contributed by atoms with E-state index in [9.17, 15) is 8.42 Å². The summed E-state index contributed by atoms with van der Waals surface area (Å²) in [6.07, 6.45) is 1.57. The first-order chi connectivity index (χ1) is 13.1. The van der Waals surface area contributed by atoms with Crippen LogP contribution in [0.15, 0.2) is 50.4 Å². The fourth-order valence-corrected chi connectivity index (χ4v) is 5.31. The lowest BCUT2D eigenvalue weighted by molar-refractivity contribution is 0.286. The Labute approximate surface area is 161 Å². The van der Waals surface area contributed by atoms with Gasteiger partial charge in [-0.1, -0.05) is 0 Å². The molecule has 0 spiro atoms. The predicted octanol–water partition coefficient (Wildman–Crippen LogP) is 3.38. The number of ether oxygens (including phenoxy) is 1. The lowest BCUT2D eigenvalue weighted by Crippen LogP contribution is -2.39. The van der Waals surface area contributed by atoms with Gasteiger partial charge in [0, 0.05) is 24.0 Å². The number of hydrogen-bond donors (Lipinski definition) is 0. The maximum Gasteiger partial charge on any atom is 0.248 e. The molecule has 9 heteroatoms. The second kappa shape index (κ2) is 7.41. The van der Waals surface area contributed by atoms with Crippen molar-refractivity contribution in [2.45, 2.75) is 23.7 Å². The number of rotatable bonds is 5. The Hall–Kier alpha value is -2.23. The summed E-state index contributed by atoms with van der Waals surface area (Å²) >= 11 is 1.56. The Bertz CT molecular complexity index is 998. The molecule has 4 rings (SSSR count). The van der Waals surface area contributed by atoms with E-state index >= 15 is 0 Å². The van der Waals surface area contributed by atoms with Gasteiger partial charge in [0.05, 0.1) is 17.9 Å². The molecule has 1 aliphatic rings. The van der Waals surface area contributed by atoms with Crippen LogP contribution in [0.4, 0.5) is 0 Å². The summed E-state index contributed by atoms with van der Waals surface area (Å²) in [5.41, 5.74) is 0.886. The molecule has 2 aromatic heterocycles. The van der Waals surface area contributed by atoms with E-state index in [2.05, 4.69) is 10.2 Å². The van der Waals surface area contributed by atoms with Crippen molar-refractivity contribution in [2.75, 3.05) is 20.2 Å². The number of nitrogens with zero attached hydrogens (tertiary/aromatic N) is 3. The van der Waals surface area contributed by atoms with Crippen molar-refractivity contribution in [1.82, 2.24) is 14.5 Å². The van der Waals surface area contributed by atoms with E-state index in [1.54, 1.807) is 42.7 Å². The SMILES string of the molecule is COc1ccc(S(=O)(=O)N2CCCC(c3nnc(-c4ccsc4)o3)C2)cc1. The van der Waals surface area contributed by atoms with Gasteiger partial charge in [0.2, 0.25) is 21.8 Å². The molecule has 1 atom stereocenters. The van der Waals surface area contributed by atoms with Crippen LogP contribution in [0, 0.1) is 0 Å². The Morgan fingerprint density at radius 3 is 2.74 bits per heavy atom. The molecule has 27 heavy (non-hydrogen) atoms. The highest BCUT2D eigenvalue weighted by atomic mass is 32.2. The number of hydrogen-bond acceptors (Lipinski definition) is 7. The molecule has 0 saturated carbocycles. The molecule has 0 radical (unpaired) electrons. The second-order valence-corrected chi connectivity index (χ2v) is 9.05. The molecule has 0 aliphatic carbocycles. The quantitative estimate of drug-likeness (QED) is 0.647. The largest absolute Gasteiger partial charge is 0.497 e. The fraction of sp³-hybridized carbons (Fsp3) is 0.333. The van der Waals surface area contributed by atoms with E-state index in [1.165, 1.54) is 4.31 Å². The number of aromatic nitrogens is 2. The van der Waals surface area contributed by atoms with Crippen LogP contribution in [-0.4, -0.2) is 43.1 Å². The van der Waals surface area contributed by atoms with Crippen LogP contribution in [0.2, 0.25) is 0 Å². The van der Waals surface area contributed by atoms with Gasteiger partial charge in [-0.3, -0.25) is 0 Å². The first kappa shape index (κ1) is 18.1. The second-order valence-electron chi connectivity index (χ2n) is 6.34. The minimum Gasteiger partial charge on any atom is -0.497 e. The van der Waals surface area contributed by atoms with Crippen LogP contribution in [0.5, 0.6) is 5.75 Å². The highest BCUT2D eigenvalue weighted by molar-refractivity contribution is 7.89. The predicted molar refractivity (Wildman–Crippen MR) is 101 cm³/mol. The average molecular weight is 406 g/mol. The van der Waals surface area contributed by atoms with Crippen LogP contribution < -0.4 is 4.74 Å². The van der Waals surface area contributed by atoms with Gasteiger partial charge >= 0.3 is 0 Å². The highest BCUT2D eigenvalue weighted by Gasteiger charge is 2.33. The number of methoxy groups -OCH3 is 1. The van der Waals surface area contributed by atoms with Gasteiger partial charge in [-0.15, -0.1) is 10.2 Å². The molecule has 1 aliphatic heterocycles. The lowest BCUT2D eigenvalue weighted by Gasteiger charge is -2.30. The van der Waals surface area contributed by atoms with E-state index in [0.29, 0.717) is 30.6 Å². The van der Waals surface area contributed by atoms with Crippen LogP contribution in [0.3, 0.4) is 0 Å². The van der Waals surface area contributed by atoms with Gasteiger partial charge in [-0.05, 0) is 48.6 Å². The maximum atomic E-state index is 13.0. The summed E-state index contributed by atoms with van der Waals surface area (Å²) in [5.74, 6) is 1.48. The molecule has 3 heterocycles. The highest BCUT2D eigenvalue weighted by Crippen LogP contribution is 2.31. The standard InChI is InChI=1S/C18H19N3O4S2/c1-24-15-4-6-16(7-5-15)27(22,23)21-9-2-3-13(11-21)17-19-20-18(25-17)14-8-10-26-12-14/h4-8,10,12-13H,2-3,9,11H2,1H3. The van der Waals surface area contributed by atoms with Crippen LogP contribution >= 0.6 is 11.3 Å². The summed E-state index contributed by atoms with van der Waals surface area (Å²) in [4.78, 5) is 0.258. The van der Waals surface area contributed by atoms with Crippen LogP contribution in [-0.2, 0) is 10.0 Å². The molecule has 0 N–H and O–H groups in total. The number of sulfonamides is 1. The topological polar surface area (TPSA) is 85.5 Å². The van der Waals surface area contributed by atoms with Crippen molar-refractivity contribution < 1.29 is 17.6 Å². The minimum atomic E-state index is -3.57. The van der Waals surface area contributed by atoms with E-state index in [-0.39, 0.29) is 10.8 Å². The van der Waals surface area contributed by atoms with Crippen LogP contribution in [0.25, 0.3) is 11.5 Å². The molecular formula is C18H19N3O4S2. The monoisotopic (exact) mass is 405 g/mol. The molecule has 0 bridgehead atoms. The van der Waals surface area contributed by atoms with Gasteiger partial charge < -0.3 is 9.15 Å². The number of piperidine rings is 1. The molecular weight excluding hydrogens is 386 g/mol. The maximum absolute atomic E-state index is 13.0. The van der Waals surface area contributed by atoms with Gasteiger partial charge in [0.25, 0.3) is 0 Å². The van der Waals surface area contributed by atoms with Gasteiger partial charge in [0.15, 0.2) is 0 Å². The van der Waals surface area contributed by atoms with Gasteiger partial charge in [0.1, 0.15) is 5.75 Å². The van der Waals surface area contributed by atoms with Crippen molar-refractivity contribution in [2.24, 2.45) is 0 Å². The van der Waals surface area contributed by atoms with Crippen molar-refractivity contribution in [3.63, 3.8) is 0 Å². The molecule has 0 amide bonds. The summed E-state index contributed by atoms with van der Waals surface area (Å²) in [6.45, 7) is 0.815. The molecule has 7 nitrogen and oxygen atoms in total. The molecule has 142 valence electrons. The normalized spacial score (nSPS) is 18.5. The van der Waals surface area contributed by atoms with E-state index in [0.717, 1.165) is 18.4 Å². The molecule has 1 saturated heterocycles. The van der Waals surface area contributed by atoms with Crippen LogP contribution in [0.1, 0.15) is 24.7 Å².